The smallest absolute Gasteiger partial charge is 0.496 e. The predicted molar refractivity (Wildman–Crippen MR) is 55.1 cm³/mol. The summed E-state index contributed by atoms with van der Waals surface area (Å²) >= 11 is 2.89. The van der Waals surface area contributed by atoms with Crippen LogP contribution in [0.15, 0.2) is 6.20 Å². The summed E-state index contributed by atoms with van der Waals surface area (Å²) in [5.74, 6) is -2.36. The van der Waals surface area contributed by atoms with Gasteiger partial charge in [-0.25, -0.2) is 4.98 Å². The Morgan fingerprint density at radius 2 is 1.79 bits per heavy atom. The molecule has 0 aromatic carbocycles. The van der Waals surface area contributed by atoms with Gasteiger partial charge < -0.3 is 9.47 Å². The molecule has 0 bridgehead atoms. The number of hydrogen-bond donors (Lipinski definition) is 0. The van der Waals surface area contributed by atoms with E-state index < -0.39 is 29.7 Å². The number of methoxy groups -OCH3 is 1. The number of alkyl halides is 7. The van der Waals surface area contributed by atoms with Crippen molar-refractivity contribution in [2.75, 3.05) is 7.11 Å². The molecule has 0 amide bonds. The monoisotopic (exact) mass is 353 g/mol. The molecule has 0 aliphatic carbocycles. The van der Waals surface area contributed by atoms with Crippen molar-refractivity contribution in [1.29, 1.82) is 0 Å². The largest absolute Gasteiger partial charge is 0.574 e. The summed E-state index contributed by atoms with van der Waals surface area (Å²) in [4.78, 5) is 3.04. The normalized spacial score (nSPS) is 12.4. The summed E-state index contributed by atoms with van der Waals surface area (Å²) in [5.41, 5.74) is -1.76. The van der Waals surface area contributed by atoms with Crippen LogP contribution >= 0.6 is 15.9 Å². The topological polar surface area (TPSA) is 31.4 Å². The molecule has 0 atom stereocenters. The van der Waals surface area contributed by atoms with E-state index in [1.54, 1.807) is 0 Å². The summed E-state index contributed by atoms with van der Waals surface area (Å²) < 4.78 is 82.3. The van der Waals surface area contributed by atoms with E-state index in [4.69, 9.17) is 0 Å². The van der Waals surface area contributed by atoms with Gasteiger partial charge in [-0.05, 0) is 0 Å². The number of pyridine rings is 1. The third-order valence-electron chi connectivity index (χ3n) is 1.91. The third kappa shape index (κ3) is 3.88. The molecule has 0 N–H and O–H groups in total. The highest BCUT2D eigenvalue weighted by molar-refractivity contribution is 9.08. The molecule has 1 heterocycles. The van der Waals surface area contributed by atoms with Gasteiger partial charge in [-0.2, -0.15) is 13.2 Å². The molecule has 1 rings (SSSR count). The summed E-state index contributed by atoms with van der Waals surface area (Å²) in [6.07, 6.45) is -9.57. The Kier molecular flexibility index (Phi) is 4.54. The van der Waals surface area contributed by atoms with Crippen LogP contribution in [0.4, 0.5) is 26.3 Å². The molecule has 1 aromatic heterocycles. The van der Waals surface area contributed by atoms with Gasteiger partial charge in [0.15, 0.2) is 5.56 Å². The van der Waals surface area contributed by atoms with Crippen LogP contribution in [-0.2, 0) is 11.5 Å². The van der Waals surface area contributed by atoms with Gasteiger partial charge in [0.1, 0.15) is 5.75 Å². The first-order valence-electron chi connectivity index (χ1n) is 4.55. The zero-order chi connectivity index (χ0) is 14.8. The Balaban J connectivity index is 3.48. The second-order valence-corrected chi connectivity index (χ2v) is 3.74. The zero-order valence-electron chi connectivity index (χ0n) is 9.19. The molecule has 1 aromatic rings. The first kappa shape index (κ1) is 15.9. The Morgan fingerprint density at radius 1 is 1.21 bits per heavy atom. The van der Waals surface area contributed by atoms with Crippen molar-refractivity contribution in [3.05, 3.63) is 17.3 Å². The molecule has 0 unspecified atom stereocenters. The number of ether oxygens (including phenoxy) is 2. The quantitative estimate of drug-likeness (QED) is 0.610. The van der Waals surface area contributed by atoms with Gasteiger partial charge in [-0.15, -0.1) is 13.2 Å². The van der Waals surface area contributed by atoms with E-state index in [2.05, 4.69) is 30.4 Å². The maximum absolute atomic E-state index is 12.8. The van der Waals surface area contributed by atoms with Crippen LogP contribution < -0.4 is 9.47 Å². The summed E-state index contributed by atoms with van der Waals surface area (Å²) in [5, 5.41) is -0.0709. The van der Waals surface area contributed by atoms with E-state index in [1.165, 1.54) is 0 Å². The second-order valence-electron chi connectivity index (χ2n) is 3.18. The molecule has 0 radical (unpaired) electrons. The Bertz CT molecular complexity index is 459. The molecule has 0 saturated carbocycles. The van der Waals surface area contributed by atoms with E-state index in [9.17, 15) is 26.3 Å². The van der Waals surface area contributed by atoms with Gasteiger partial charge in [-0.1, -0.05) is 15.9 Å². The minimum absolute atomic E-state index is 0.0515. The molecule has 0 saturated heterocycles. The Labute approximate surface area is 111 Å². The fourth-order valence-corrected chi connectivity index (χ4v) is 1.68. The standard InChI is InChI=1S/C9H6BrF6NO2/c1-18-6-4(2-10)3-17-7(19-9(14,15)16)5(6)8(11,12)13/h3H,2H2,1H3. The molecule has 0 aliphatic rings. The van der Waals surface area contributed by atoms with Gasteiger partial charge in [0.2, 0.25) is 5.88 Å². The first-order chi connectivity index (χ1) is 8.60. The van der Waals surface area contributed by atoms with E-state index >= 15 is 0 Å². The molecule has 19 heavy (non-hydrogen) atoms. The van der Waals surface area contributed by atoms with Crippen LogP contribution in [0.5, 0.6) is 11.6 Å². The lowest BCUT2D eigenvalue weighted by Gasteiger charge is -2.18. The lowest BCUT2D eigenvalue weighted by Crippen LogP contribution is -2.22. The maximum Gasteiger partial charge on any atom is 0.574 e. The highest BCUT2D eigenvalue weighted by Gasteiger charge is 2.43. The van der Waals surface area contributed by atoms with Crippen LogP contribution in [0.1, 0.15) is 11.1 Å². The van der Waals surface area contributed by atoms with E-state index in [-0.39, 0.29) is 10.9 Å². The molecule has 0 spiro atoms. The minimum Gasteiger partial charge on any atom is -0.496 e. The molecular weight excluding hydrogens is 348 g/mol. The van der Waals surface area contributed by atoms with E-state index in [1.807, 2.05) is 0 Å². The molecule has 10 heteroatoms. The van der Waals surface area contributed by atoms with Gasteiger partial charge in [0.25, 0.3) is 0 Å². The third-order valence-corrected chi connectivity index (χ3v) is 2.52. The average Bonchev–Trinajstić information content (AvgIpc) is 2.24. The van der Waals surface area contributed by atoms with Crippen LogP contribution in [0.3, 0.4) is 0 Å². The number of nitrogens with zero attached hydrogens (tertiary/aromatic N) is 1. The van der Waals surface area contributed by atoms with Gasteiger partial charge >= 0.3 is 12.5 Å². The number of rotatable bonds is 3. The molecule has 108 valence electrons. The lowest BCUT2D eigenvalue weighted by molar-refractivity contribution is -0.278. The SMILES string of the molecule is COc1c(CBr)cnc(OC(F)(F)F)c1C(F)(F)F. The minimum atomic E-state index is -5.28. The van der Waals surface area contributed by atoms with Crippen molar-refractivity contribution in [2.45, 2.75) is 17.9 Å². The molecule has 3 nitrogen and oxygen atoms in total. The number of halogens is 7. The number of aromatic nitrogens is 1. The van der Waals surface area contributed by atoms with Gasteiger partial charge in [0.05, 0.1) is 7.11 Å². The van der Waals surface area contributed by atoms with Crippen molar-refractivity contribution >= 4 is 15.9 Å². The second kappa shape index (κ2) is 5.43. The highest BCUT2D eigenvalue weighted by atomic mass is 79.9. The highest BCUT2D eigenvalue weighted by Crippen LogP contribution is 2.44. The van der Waals surface area contributed by atoms with Crippen LogP contribution in [0.2, 0.25) is 0 Å². The molecular formula is C9H6BrF6NO2. The summed E-state index contributed by atoms with van der Waals surface area (Å²) in [6.45, 7) is 0. The molecule has 0 aliphatic heterocycles. The van der Waals surface area contributed by atoms with E-state index in [0.29, 0.717) is 0 Å². The first-order valence-corrected chi connectivity index (χ1v) is 5.67. The average molecular weight is 354 g/mol. The zero-order valence-corrected chi connectivity index (χ0v) is 10.8. The fraction of sp³-hybridized carbons (Fsp3) is 0.444. The van der Waals surface area contributed by atoms with Gasteiger partial charge in [-0.3, -0.25) is 0 Å². The van der Waals surface area contributed by atoms with Crippen molar-refractivity contribution in [3.8, 4) is 11.6 Å². The van der Waals surface area contributed by atoms with Crippen LogP contribution in [0.25, 0.3) is 0 Å². The fourth-order valence-electron chi connectivity index (χ4n) is 1.28. The summed E-state index contributed by atoms with van der Waals surface area (Å²) in [7, 11) is 0.911. The van der Waals surface area contributed by atoms with E-state index in [0.717, 1.165) is 13.3 Å². The van der Waals surface area contributed by atoms with Crippen molar-refractivity contribution < 1.29 is 35.8 Å². The van der Waals surface area contributed by atoms with Gasteiger partial charge in [0, 0.05) is 17.1 Å². The van der Waals surface area contributed by atoms with Crippen LogP contribution in [0, 0.1) is 0 Å². The maximum atomic E-state index is 12.8. The number of hydrogen-bond acceptors (Lipinski definition) is 3. The Hall–Kier alpha value is -1.19. The lowest BCUT2D eigenvalue weighted by atomic mass is 10.1. The summed E-state index contributed by atoms with van der Waals surface area (Å²) in [6, 6.07) is 0. The van der Waals surface area contributed by atoms with Crippen molar-refractivity contribution in [1.82, 2.24) is 4.98 Å². The molecule has 0 fully saturated rings. The van der Waals surface area contributed by atoms with Crippen molar-refractivity contribution in [2.24, 2.45) is 0 Å². The Morgan fingerprint density at radius 3 is 2.16 bits per heavy atom. The van der Waals surface area contributed by atoms with Crippen molar-refractivity contribution in [3.63, 3.8) is 0 Å². The predicted octanol–water partition coefficient (Wildman–Crippen LogP) is 3.90. The van der Waals surface area contributed by atoms with Crippen LogP contribution in [-0.4, -0.2) is 18.5 Å².